The Morgan fingerprint density at radius 2 is 2.12 bits per heavy atom. The second kappa shape index (κ2) is 6.67. The summed E-state index contributed by atoms with van der Waals surface area (Å²) in [7, 11) is 0. The summed E-state index contributed by atoms with van der Waals surface area (Å²) in [4.78, 5) is 28.8. The van der Waals surface area contributed by atoms with Crippen LogP contribution in [-0.2, 0) is 6.54 Å². The SMILES string of the molecule is Cc1cn(Cc2cccc(C(=O)O)c2)c(=NC(=O)c2ccco2)s1. The molecule has 0 unspecified atom stereocenters. The van der Waals surface area contributed by atoms with E-state index in [-0.39, 0.29) is 11.3 Å². The van der Waals surface area contributed by atoms with E-state index in [1.54, 1.807) is 30.3 Å². The molecule has 6 nitrogen and oxygen atoms in total. The van der Waals surface area contributed by atoms with Crippen molar-refractivity contribution in [2.24, 2.45) is 4.99 Å². The molecule has 0 saturated carbocycles. The first-order valence-corrected chi connectivity index (χ1v) is 7.96. The number of hydrogen-bond donors (Lipinski definition) is 1. The minimum atomic E-state index is -0.971. The van der Waals surface area contributed by atoms with Crippen molar-refractivity contribution < 1.29 is 19.1 Å². The molecule has 24 heavy (non-hydrogen) atoms. The van der Waals surface area contributed by atoms with Gasteiger partial charge in [-0.15, -0.1) is 11.3 Å². The molecule has 2 heterocycles. The van der Waals surface area contributed by atoms with Crippen molar-refractivity contribution in [1.82, 2.24) is 4.57 Å². The van der Waals surface area contributed by atoms with E-state index in [4.69, 9.17) is 9.52 Å². The molecule has 0 fully saturated rings. The van der Waals surface area contributed by atoms with Gasteiger partial charge in [0, 0.05) is 17.6 Å². The number of furan rings is 1. The molecule has 0 bridgehead atoms. The van der Waals surface area contributed by atoms with Gasteiger partial charge in [0.2, 0.25) is 0 Å². The molecule has 0 radical (unpaired) electrons. The van der Waals surface area contributed by atoms with Gasteiger partial charge >= 0.3 is 11.9 Å². The van der Waals surface area contributed by atoms with E-state index in [9.17, 15) is 9.59 Å². The average molecular weight is 342 g/mol. The monoisotopic (exact) mass is 342 g/mol. The van der Waals surface area contributed by atoms with E-state index < -0.39 is 11.9 Å². The minimum Gasteiger partial charge on any atom is -0.478 e. The molecule has 122 valence electrons. The number of aromatic carboxylic acids is 1. The van der Waals surface area contributed by atoms with Crippen molar-refractivity contribution in [2.75, 3.05) is 0 Å². The molecule has 1 amide bonds. The first kappa shape index (κ1) is 15.9. The van der Waals surface area contributed by atoms with Crippen LogP contribution >= 0.6 is 11.3 Å². The van der Waals surface area contributed by atoms with Crippen LogP contribution in [0.3, 0.4) is 0 Å². The third kappa shape index (κ3) is 3.52. The van der Waals surface area contributed by atoms with Crippen molar-refractivity contribution in [1.29, 1.82) is 0 Å². The van der Waals surface area contributed by atoms with Gasteiger partial charge in [0.05, 0.1) is 11.8 Å². The minimum absolute atomic E-state index is 0.181. The molecule has 1 N–H and O–H groups in total. The van der Waals surface area contributed by atoms with E-state index in [2.05, 4.69) is 4.99 Å². The average Bonchev–Trinajstić information content (AvgIpc) is 3.18. The highest BCUT2D eigenvalue weighted by Crippen LogP contribution is 2.10. The Morgan fingerprint density at radius 1 is 1.29 bits per heavy atom. The van der Waals surface area contributed by atoms with E-state index in [0.717, 1.165) is 10.4 Å². The van der Waals surface area contributed by atoms with Crippen LogP contribution in [0.25, 0.3) is 0 Å². The van der Waals surface area contributed by atoms with E-state index in [1.165, 1.54) is 17.6 Å². The van der Waals surface area contributed by atoms with Crippen LogP contribution in [-0.4, -0.2) is 21.6 Å². The first-order valence-electron chi connectivity index (χ1n) is 7.14. The predicted octanol–water partition coefficient (Wildman–Crippen LogP) is 2.94. The second-order valence-electron chi connectivity index (χ2n) is 5.15. The molecule has 3 rings (SSSR count). The molecule has 0 spiro atoms. The lowest BCUT2D eigenvalue weighted by molar-refractivity contribution is 0.0696. The fourth-order valence-electron chi connectivity index (χ4n) is 2.25. The highest BCUT2D eigenvalue weighted by atomic mass is 32.1. The van der Waals surface area contributed by atoms with Gasteiger partial charge in [-0.1, -0.05) is 12.1 Å². The van der Waals surface area contributed by atoms with Crippen LogP contribution in [0.4, 0.5) is 0 Å². The van der Waals surface area contributed by atoms with Crippen LogP contribution in [0.2, 0.25) is 0 Å². The maximum absolute atomic E-state index is 12.1. The Kier molecular flexibility index (Phi) is 4.43. The number of amides is 1. The van der Waals surface area contributed by atoms with Crippen LogP contribution in [0, 0.1) is 6.92 Å². The number of carbonyl (C=O) groups is 2. The number of nitrogens with zero attached hydrogens (tertiary/aromatic N) is 2. The Hall–Kier alpha value is -2.93. The zero-order valence-corrected chi connectivity index (χ0v) is 13.6. The number of rotatable bonds is 4. The molecule has 0 aliphatic heterocycles. The zero-order valence-electron chi connectivity index (χ0n) is 12.8. The Bertz CT molecular complexity index is 951. The quantitative estimate of drug-likeness (QED) is 0.790. The lowest BCUT2D eigenvalue weighted by Crippen LogP contribution is -2.17. The van der Waals surface area contributed by atoms with Crippen molar-refractivity contribution in [3.63, 3.8) is 0 Å². The smallest absolute Gasteiger partial charge is 0.335 e. The summed E-state index contributed by atoms with van der Waals surface area (Å²) in [5.74, 6) is -1.24. The topological polar surface area (TPSA) is 84.8 Å². The molecule has 0 aliphatic rings. The molecular formula is C17H14N2O4S. The highest BCUT2D eigenvalue weighted by Gasteiger charge is 2.09. The lowest BCUT2D eigenvalue weighted by atomic mass is 10.1. The normalized spacial score (nSPS) is 11.6. The number of aryl methyl sites for hydroxylation is 1. The molecule has 7 heteroatoms. The van der Waals surface area contributed by atoms with Gasteiger partial charge in [-0.25, -0.2) is 4.79 Å². The number of carboxylic acids is 1. The molecule has 0 aliphatic carbocycles. The molecular weight excluding hydrogens is 328 g/mol. The van der Waals surface area contributed by atoms with Crippen molar-refractivity contribution in [3.8, 4) is 0 Å². The fraction of sp³-hybridized carbons (Fsp3) is 0.118. The molecule has 0 atom stereocenters. The van der Waals surface area contributed by atoms with Gasteiger partial charge in [-0.05, 0) is 36.8 Å². The number of aromatic nitrogens is 1. The first-order chi connectivity index (χ1) is 11.5. The molecule has 0 saturated heterocycles. The maximum Gasteiger partial charge on any atom is 0.335 e. The fourth-order valence-corrected chi connectivity index (χ4v) is 3.08. The maximum atomic E-state index is 12.1. The second-order valence-corrected chi connectivity index (χ2v) is 6.37. The van der Waals surface area contributed by atoms with Crippen molar-refractivity contribution >= 4 is 23.2 Å². The van der Waals surface area contributed by atoms with Crippen molar-refractivity contribution in [3.05, 3.63) is 75.4 Å². The summed E-state index contributed by atoms with van der Waals surface area (Å²) in [5.41, 5.74) is 1.05. The van der Waals surface area contributed by atoms with Crippen LogP contribution in [0.5, 0.6) is 0 Å². The number of hydrogen-bond acceptors (Lipinski definition) is 4. The molecule has 2 aromatic heterocycles. The summed E-state index contributed by atoms with van der Waals surface area (Å²) >= 11 is 1.39. The molecule has 1 aromatic carbocycles. The third-order valence-corrected chi connectivity index (χ3v) is 4.23. The van der Waals surface area contributed by atoms with Gasteiger partial charge in [0.15, 0.2) is 10.6 Å². The van der Waals surface area contributed by atoms with Gasteiger partial charge in [-0.2, -0.15) is 4.99 Å². The van der Waals surface area contributed by atoms with E-state index in [0.29, 0.717) is 11.3 Å². The van der Waals surface area contributed by atoms with Gasteiger partial charge in [-0.3, -0.25) is 4.79 Å². The van der Waals surface area contributed by atoms with Gasteiger partial charge in [0.25, 0.3) is 0 Å². The summed E-state index contributed by atoms with van der Waals surface area (Å²) in [6.45, 7) is 2.35. The van der Waals surface area contributed by atoms with Crippen molar-refractivity contribution in [2.45, 2.75) is 13.5 Å². The highest BCUT2D eigenvalue weighted by molar-refractivity contribution is 7.09. The number of carboxylic acid groups (broad SMARTS) is 1. The Labute approximate surface area is 141 Å². The zero-order chi connectivity index (χ0) is 17.1. The molecule has 3 aromatic rings. The van der Waals surface area contributed by atoms with E-state index >= 15 is 0 Å². The Balaban J connectivity index is 1.94. The van der Waals surface area contributed by atoms with Crippen LogP contribution < -0.4 is 4.80 Å². The summed E-state index contributed by atoms with van der Waals surface area (Å²) < 4.78 is 6.88. The standard InChI is InChI=1S/C17H14N2O4S/c1-11-9-19(10-12-4-2-5-13(8-12)16(21)22)17(24-11)18-15(20)14-6-3-7-23-14/h2-9H,10H2,1H3,(H,21,22). The Morgan fingerprint density at radius 3 is 2.83 bits per heavy atom. The summed E-state index contributed by atoms with van der Waals surface area (Å²) in [5, 5.41) is 9.08. The van der Waals surface area contributed by atoms with Crippen LogP contribution in [0.1, 0.15) is 31.4 Å². The predicted molar refractivity (Wildman–Crippen MR) is 88.2 cm³/mol. The number of thiazole rings is 1. The summed E-state index contributed by atoms with van der Waals surface area (Å²) in [6, 6.07) is 9.89. The largest absolute Gasteiger partial charge is 0.478 e. The van der Waals surface area contributed by atoms with Gasteiger partial charge in [0.1, 0.15) is 0 Å². The van der Waals surface area contributed by atoms with E-state index in [1.807, 2.05) is 23.8 Å². The third-order valence-electron chi connectivity index (χ3n) is 3.29. The number of carbonyl (C=O) groups excluding carboxylic acids is 1. The summed E-state index contributed by atoms with van der Waals surface area (Å²) in [6.07, 6.45) is 3.31. The lowest BCUT2D eigenvalue weighted by Gasteiger charge is -2.04. The number of benzene rings is 1. The van der Waals surface area contributed by atoms with Gasteiger partial charge < -0.3 is 14.1 Å². The van der Waals surface area contributed by atoms with Crippen LogP contribution in [0.15, 0.2) is 58.3 Å².